The summed E-state index contributed by atoms with van der Waals surface area (Å²) in [6, 6.07) is 45.6. The molecule has 1 aliphatic carbocycles. The van der Waals surface area contributed by atoms with Crippen LogP contribution in [-0.4, -0.2) is 27.0 Å². The Balaban J connectivity index is 1.31. The van der Waals surface area contributed by atoms with Gasteiger partial charge in [-0.2, -0.15) is 10.0 Å². The fourth-order valence-electron chi connectivity index (χ4n) is 7.77. The zero-order valence-corrected chi connectivity index (χ0v) is 27.6. The summed E-state index contributed by atoms with van der Waals surface area (Å²) in [7, 11) is -1.31. The smallest absolute Gasteiger partial charge is 0.161 e. The monoisotopic (exact) mass is 625 g/mol. The Morgan fingerprint density at radius 2 is 1.34 bits per heavy atom. The Morgan fingerprint density at radius 3 is 2.17 bits per heavy atom. The molecule has 1 aliphatic heterocycles. The Hall–Kier alpha value is -5.19. The van der Waals surface area contributed by atoms with Crippen molar-refractivity contribution in [1.29, 1.82) is 0 Å². The topological polar surface area (TPSA) is 30.7 Å². The van der Waals surface area contributed by atoms with E-state index in [1.165, 1.54) is 49.1 Å². The van der Waals surface area contributed by atoms with Crippen LogP contribution < -0.4 is 0 Å². The number of nitrogens with zero attached hydrogens (tertiary/aromatic N) is 3. The molecule has 3 nitrogen and oxygen atoms in total. The lowest BCUT2D eigenvalue weighted by molar-refractivity contribution is 0.727. The second kappa shape index (κ2) is 10.7. The van der Waals surface area contributed by atoms with Gasteiger partial charge in [0.25, 0.3) is 0 Å². The number of aromatic nitrogens is 3. The number of hydrogen-bond acceptors (Lipinski definition) is 2. The van der Waals surface area contributed by atoms with Crippen LogP contribution in [0, 0.1) is 5.92 Å². The van der Waals surface area contributed by atoms with Crippen LogP contribution in [0.1, 0.15) is 18.9 Å². The molecule has 0 radical (unpaired) electrons. The molecule has 228 valence electrons. The van der Waals surface area contributed by atoms with Crippen LogP contribution in [0.25, 0.3) is 66.8 Å². The van der Waals surface area contributed by atoms with E-state index >= 15 is 0 Å². The molecule has 2 aromatic heterocycles. The van der Waals surface area contributed by atoms with E-state index in [2.05, 4.69) is 164 Å². The molecular formula is C43H35N3S. The Kier molecular flexibility index (Phi) is 6.38. The van der Waals surface area contributed by atoms with Crippen molar-refractivity contribution in [2.24, 2.45) is 5.92 Å². The van der Waals surface area contributed by atoms with E-state index in [1.54, 1.807) is 4.91 Å². The molecule has 3 heterocycles. The molecule has 0 fully saturated rings. The molecule has 5 aromatic carbocycles. The third-order valence-corrected chi connectivity index (χ3v) is 12.8. The fourth-order valence-corrected chi connectivity index (χ4v) is 10.8. The highest BCUT2D eigenvalue weighted by atomic mass is 32.3. The lowest BCUT2D eigenvalue weighted by atomic mass is 9.91. The van der Waals surface area contributed by atoms with Gasteiger partial charge in [0.15, 0.2) is 5.82 Å². The molecule has 0 amide bonds. The molecule has 0 spiro atoms. The van der Waals surface area contributed by atoms with Gasteiger partial charge in [-0.25, -0.2) is 9.97 Å². The van der Waals surface area contributed by atoms with Gasteiger partial charge >= 0.3 is 0 Å². The first-order valence-electron chi connectivity index (χ1n) is 16.3. The molecule has 0 saturated carbocycles. The van der Waals surface area contributed by atoms with Gasteiger partial charge in [0, 0.05) is 33.2 Å². The molecule has 47 heavy (non-hydrogen) atoms. The van der Waals surface area contributed by atoms with E-state index in [4.69, 9.17) is 9.97 Å². The van der Waals surface area contributed by atoms with E-state index in [9.17, 15) is 0 Å². The van der Waals surface area contributed by atoms with Crippen molar-refractivity contribution in [3.05, 3.63) is 150 Å². The van der Waals surface area contributed by atoms with Crippen molar-refractivity contribution in [2.45, 2.75) is 18.4 Å². The highest BCUT2D eigenvalue weighted by molar-refractivity contribution is 8.36. The molecule has 0 saturated heterocycles. The number of fused-ring (bicyclic) bond motifs is 5. The van der Waals surface area contributed by atoms with E-state index in [1.807, 2.05) is 0 Å². The van der Waals surface area contributed by atoms with Gasteiger partial charge in [-0.15, -0.1) is 0 Å². The van der Waals surface area contributed by atoms with Crippen LogP contribution in [0.2, 0.25) is 0 Å². The molecule has 1 unspecified atom stereocenters. The molecule has 4 heteroatoms. The van der Waals surface area contributed by atoms with Crippen LogP contribution in [-0.2, 0) is 0 Å². The summed E-state index contributed by atoms with van der Waals surface area (Å²) in [4.78, 5) is 12.5. The number of hydrogen-bond donors (Lipinski definition) is 0. The minimum atomic E-state index is -1.31. The third kappa shape index (κ3) is 4.35. The molecule has 9 rings (SSSR count). The summed E-state index contributed by atoms with van der Waals surface area (Å²) in [5.74, 6) is 1.28. The predicted molar refractivity (Wildman–Crippen MR) is 200 cm³/mol. The van der Waals surface area contributed by atoms with Crippen LogP contribution in [0.3, 0.4) is 0 Å². The van der Waals surface area contributed by atoms with Crippen molar-refractivity contribution in [3.8, 4) is 39.5 Å². The minimum absolute atomic E-state index is 0.484. The zero-order chi connectivity index (χ0) is 31.7. The van der Waals surface area contributed by atoms with Gasteiger partial charge in [0.2, 0.25) is 0 Å². The summed E-state index contributed by atoms with van der Waals surface area (Å²) >= 11 is 0. The predicted octanol–water partition coefficient (Wildman–Crippen LogP) is 11.3. The van der Waals surface area contributed by atoms with Gasteiger partial charge < -0.3 is 4.57 Å². The van der Waals surface area contributed by atoms with Crippen molar-refractivity contribution >= 4 is 37.4 Å². The van der Waals surface area contributed by atoms with Crippen molar-refractivity contribution in [1.82, 2.24) is 14.5 Å². The van der Waals surface area contributed by atoms with Gasteiger partial charge in [-0.05, 0) is 82.9 Å². The first-order chi connectivity index (χ1) is 23.0. The molecular weight excluding hydrogens is 591 g/mol. The standard InChI is InChI=1S/C43H35N3S/c1-28-14-12-22-35-39-40(31-24-25-38-36(27-31)34-21-10-11-23-37(34)46(38)33-19-8-5-9-20-33)44-42(45-43(39)47(2,3)41(28)35)32-18-13-17-30(26-32)29-15-6-4-7-16-29/h4-13,15-28H,14H2,1-3H3. The molecule has 0 N–H and O–H groups in total. The minimum Gasteiger partial charge on any atom is -0.309 e. The highest BCUT2D eigenvalue weighted by Crippen LogP contribution is 2.69. The van der Waals surface area contributed by atoms with E-state index in [-0.39, 0.29) is 0 Å². The Labute approximate surface area is 277 Å². The molecule has 1 atom stereocenters. The van der Waals surface area contributed by atoms with E-state index in [0.717, 1.165) is 34.8 Å². The number of allylic oxidation sites excluding steroid dienone is 4. The lowest BCUT2D eigenvalue weighted by Crippen LogP contribution is -2.08. The normalized spacial score (nSPS) is 17.2. The van der Waals surface area contributed by atoms with Crippen molar-refractivity contribution < 1.29 is 0 Å². The van der Waals surface area contributed by atoms with Gasteiger partial charge in [0.05, 0.1) is 21.8 Å². The van der Waals surface area contributed by atoms with Crippen LogP contribution in [0.4, 0.5) is 0 Å². The maximum absolute atomic E-state index is 5.48. The van der Waals surface area contributed by atoms with Crippen LogP contribution in [0.15, 0.2) is 149 Å². The molecule has 0 bridgehead atoms. The van der Waals surface area contributed by atoms with Crippen LogP contribution >= 0.6 is 10.0 Å². The summed E-state index contributed by atoms with van der Waals surface area (Å²) in [5, 5.41) is 3.68. The second-order valence-electron chi connectivity index (χ2n) is 13.1. The summed E-state index contributed by atoms with van der Waals surface area (Å²) in [6.45, 7) is 2.38. The van der Waals surface area contributed by atoms with Gasteiger partial charge in [-0.1, -0.05) is 110 Å². The molecule has 2 aliphatic rings. The average molecular weight is 626 g/mol. The van der Waals surface area contributed by atoms with Gasteiger partial charge in [-0.3, -0.25) is 0 Å². The number of rotatable bonds is 4. The first kappa shape index (κ1) is 28.1. The maximum atomic E-state index is 5.48. The lowest BCUT2D eigenvalue weighted by Gasteiger charge is -2.34. The van der Waals surface area contributed by atoms with Gasteiger partial charge in [0.1, 0.15) is 0 Å². The quantitative estimate of drug-likeness (QED) is 0.182. The van der Waals surface area contributed by atoms with Crippen molar-refractivity contribution in [2.75, 3.05) is 12.5 Å². The summed E-state index contributed by atoms with van der Waals surface area (Å²) < 4.78 is 2.37. The molecule has 7 aromatic rings. The first-order valence-corrected chi connectivity index (χ1v) is 18.8. The van der Waals surface area contributed by atoms with E-state index < -0.39 is 10.0 Å². The van der Waals surface area contributed by atoms with Crippen LogP contribution in [0.5, 0.6) is 0 Å². The number of benzene rings is 5. The summed E-state index contributed by atoms with van der Waals surface area (Å²) in [6.07, 6.45) is 10.6. The second-order valence-corrected chi connectivity index (χ2v) is 16.6. The number of para-hydroxylation sites is 2. The SMILES string of the molecule is CC1CC=CC2=C1S(C)(C)c1nc(-c3cccc(-c4ccccc4)c3)nc(-c3ccc4c(c3)c3ccccc3n4-c3ccccc3)c12. The Bertz CT molecular complexity index is 2420. The average Bonchev–Trinajstić information content (AvgIpc) is 3.57. The highest BCUT2D eigenvalue weighted by Gasteiger charge is 2.41. The maximum Gasteiger partial charge on any atom is 0.161 e. The summed E-state index contributed by atoms with van der Waals surface area (Å²) in [5.41, 5.74) is 11.7. The zero-order valence-electron chi connectivity index (χ0n) is 26.8. The third-order valence-electron chi connectivity index (χ3n) is 9.85. The Morgan fingerprint density at radius 1 is 0.638 bits per heavy atom. The largest absolute Gasteiger partial charge is 0.309 e. The van der Waals surface area contributed by atoms with Crippen molar-refractivity contribution in [3.63, 3.8) is 0 Å². The van der Waals surface area contributed by atoms with E-state index in [0.29, 0.717) is 5.92 Å². The fraction of sp³-hybridized carbons (Fsp3) is 0.116.